The van der Waals surface area contributed by atoms with Gasteiger partial charge in [-0.1, -0.05) is 18.2 Å². The van der Waals surface area contributed by atoms with Crippen LogP contribution in [0.15, 0.2) is 77.7 Å². The first-order chi connectivity index (χ1) is 12.7. The van der Waals surface area contributed by atoms with Crippen LogP contribution in [0, 0.1) is 5.82 Å². The predicted molar refractivity (Wildman–Crippen MR) is 103 cm³/mol. The Balaban J connectivity index is 1.75. The summed E-state index contributed by atoms with van der Waals surface area (Å²) in [6.45, 7) is 0. The molecule has 0 spiro atoms. The summed E-state index contributed by atoms with van der Waals surface area (Å²) in [5.41, 5.74) is 2.01. The molecule has 3 aromatic carbocycles. The third-order valence-corrected chi connectivity index (χ3v) is 4.84. The maximum atomic E-state index is 13.0. The van der Waals surface area contributed by atoms with Crippen molar-refractivity contribution in [2.45, 2.75) is 10.6 Å². The Kier molecular flexibility index (Phi) is 5.92. The van der Waals surface area contributed by atoms with Gasteiger partial charge in [0, 0.05) is 27.5 Å². The van der Waals surface area contributed by atoms with Gasteiger partial charge < -0.3 is 10.1 Å². The molecule has 1 N–H and O–H groups in total. The largest absolute Gasteiger partial charge is 0.496 e. The number of benzene rings is 3. The van der Waals surface area contributed by atoms with Crippen LogP contribution in [-0.4, -0.2) is 13.0 Å². The van der Waals surface area contributed by atoms with Crippen molar-refractivity contribution in [2.75, 3.05) is 12.4 Å². The van der Waals surface area contributed by atoms with Crippen LogP contribution in [0.5, 0.6) is 5.75 Å². The van der Waals surface area contributed by atoms with Crippen molar-refractivity contribution >= 4 is 23.4 Å². The van der Waals surface area contributed by atoms with Gasteiger partial charge in [-0.05, 0) is 54.6 Å². The molecule has 1 amide bonds. The van der Waals surface area contributed by atoms with E-state index in [9.17, 15) is 9.18 Å². The quantitative estimate of drug-likeness (QED) is 0.595. The number of methoxy groups -OCH3 is 1. The smallest absolute Gasteiger partial charge is 0.255 e. The summed E-state index contributed by atoms with van der Waals surface area (Å²) in [7, 11) is 1.62. The Bertz CT molecular complexity index is 882. The van der Waals surface area contributed by atoms with Crippen molar-refractivity contribution in [2.24, 2.45) is 0 Å². The molecule has 0 heterocycles. The lowest BCUT2D eigenvalue weighted by molar-refractivity contribution is 0.102. The molecule has 0 aliphatic heterocycles. The molecule has 0 aliphatic rings. The number of nitrogens with one attached hydrogen (secondary N) is 1. The van der Waals surface area contributed by atoms with Gasteiger partial charge in [0.1, 0.15) is 11.6 Å². The molecule has 0 atom stereocenters. The zero-order valence-electron chi connectivity index (χ0n) is 14.2. The lowest BCUT2D eigenvalue weighted by Gasteiger charge is -2.11. The van der Waals surface area contributed by atoms with Crippen molar-refractivity contribution < 1.29 is 13.9 Å². The summed E-state index contributed by atoms with van der Waals surface area (Å²) in [6.07, 6.45) is 0. The minimum absolute atomic E-state index is 0.245. The van der Waals surface area contributed by atoms with E-state index < -0.39 is 0 Å². The van der Waals surface area contributed by atoms with Gasteiger partial charge in [0.05, 0.1) is 7.11 Å². The van der Waals surface area contributed by atoms with Gasteiger partial charge in [-0.15, -0.1) is 11.8 Å². The molecule has 0 aromatic heterocycles. The number of carbonyl (C=O) groups is 1. The number of thioether (sulfide) groups is 1. The van der Waals surface area contributed by atoms with Crippen LogP contribution in [-0.2, 0) is 5.75 Å². The van der Waals surface area contributed by atoms with Gasteiger partial charge in [0.15, 0.2) is 0 Å². The van der Waals surface area contributed by atoms with Gasteiger partial charge >= 0.3 is 0 Å². The van der Waals surface area contributed by atoms with E-state index in [4.69, 9.17) is 4.74 Å². The number of amides is 1. The predicted octanol–water partition coefficient (Wildman–Crippen LogP) is 5.38. The van der Waals surface area contributed by atoms with Crippen molar-refractivity contribution in [3.8, 4) is 5.75 Å². The first kappa shape index (κ1) is 18.0. The van der Waals surface area contributed by atoms with Crippen LogP contribution in [0.4, 0.5) is 10.1 Å². The number of halogens is 1. The minimum Gasteiger partial charge on any atom is -0.496 e. The molecule has 3 nitrogen and oxygen atoms in total. The molecule has 0 bridgehead atoms. The van der Waals surface area contributed by atoms with Crippen LogP contribution in [0.2, 0.25) is 0 Å². The van der Waals surface area contributed by atoms with Gasteiger partial charge in [-0.25, -0.2) is 4.39 Å². The monoisotopic (exact) mass is 367 g/mol. The normalized spacial score (nSPS) is 10.4. The highest BCUT2D eigenvalue weighted by atomic mass is 32.2. The Hall–Kier alpha value is -2.79. The van der Waals surface area contributed by atoms with Crippen molar-refractivity contribution in [1.29, 1.82) is 0 Å². The van der Waals surface area contributed by atoms with E-state index in [-0.39, 0.29) is 11.7 Å². The molecule has 0 saturated heterocycles. The van der Waals surface area contributed by atoms with Gasteiger partial charge in [0.2, 0.25) is 0 Å². The maximum absolute atomic E-state index is 13.0. The molecular formula is C21H18FNO2S. The summed E-state index contributed by atoms with van der Waals surface area (Å²) in [4.78, 5) is 13.6. The van der Waals surface area contributed by atoms with Crippen LogP contribution in [0.1, 0.15) is 15.9 Å². The second-order valence-corrected chi connectivity index (χ2v) is 6.64. The van der Waals surface area contributed by atoms with Crippen molar-refractivity contribution in [3.63, 3.8) is 0 Å². The SMILES string of the molecule is COc1ccc(C(=O)Nc2ccc(F)cc2)cc1CSc1ccccc1. The lowest BCUT2D eigenvalue weighted by atomic mass is 10.1. The van der Waals surface area contributed by atoms with E-state index in [0.717, 1.165) is 16.2 Å². The second-order valence-electron chi connectivity index (χ2n) is 5.59. The minimum atomic E-state index is -0.340. The Morgan fingerprint density at radius 3 is 2.46 bits per heavy atom. The zero-order valence-corrected chi connectivity index (χ0v) is 15.1. The Labute approximate surface area is 156 Å². The molecule has 0 fully saturated rings. The van der Waals surface area contributed by atoms with Crippen LogP contribution in [0.25, 0.3) is 0 Å². The van der Waals surface area contributed by atoms with Crippen molar-refractivity contribution in [3.05, 3.63) is 89.7 Å². The molecular weight excluding hydrogens is 349 g/mol. The number of ether oxygens (including phenoxy) is 1. The van der Waals surface area contributed by atoms with Gasteiger partial charge in [-0.3, -0.25) is 4.79 Å². The van der Waals surface area contributed by atoms with E-state index in [0.29, 0.717) is 17.0 Å². The molecule has 0 aliphatic carbocycles. The van der Waals surface area contributed by atoms with Gasteiger partial charge in [0.25, 0.3) is 5.91 Å². The Morgan fingerprint density at radius 2 is 1.77 bits per heavy atom. The van der Waals surface area contributed by atoms with E-state index in [2.05, 4.69) is 5.32 Å². The van der Waals surface area contributed by atoms with E-state index in [1.165, 1.54) is 24.3 Å². The van der Waals surface area contributed by atoms with E-state index in [1.807, 2.05) is 36.4 Å². The number of carbonyl (C=O) groups excluding carboxylic acids is 1. The molecule has 26 heavy (non-hydrogen) atoms. The molecule has 0 radical (unpaired) electrons. The molecule has 3 aromatic rings. The molecule has 0 unspecified atom stereocenters. The third-order valence-electron chi connectivity index (χ3n) is 3.78. The molecule has 132 valence electrons. The Morgan fingerprint density at radius 1 is 1.04 bits per heavy atom. The molecule has 5 heteroatoms. The first-order valence-electron chi connectivity index (χ1n) is 8.07. The van der Waals surface area contributed by atoms with Gasteiger partial charge in [-0.2, -0.15) is 0 Å². The third kappa shape index (κ3) is 4.64. The summed E-state index contributed by atoms with van der Waals surface area (Å²) in [5.74, 6) is 0.842. The van der Waals surface area contributed by atoms with Crippen LogP contribution >= 0.6 is 11.8 Å². The first-order valence-corrected chi connectivity index (χ1v) is 9.06. The lowest BCUT2D eigenvalue weighted by Crippen LogP contribution is -2.12. The highest BCUT2D eigenvalue weighted by Gasteiger charge is 2.11. The average molecular weight is 367 g/mol. The summed E-state index contributed by atoms with van der Waals surface area (Å²) in [6, 6.07) is 21.1. The number of hydrogen-bond acceptors (Lipinski definition) is 3. The fraction of sp³-hybridized carbons (Fsp3) is 0.0952. The summed E-state index contributed by atoms with van der Waals surface area (Å²) >= 11 is 1.68. The topological polar surface area (TPSA) is 38.3 Å². The summed E-state index contributed by atoms with van der Waals surface area (Å²) < 4.78 is 18.4. The van der Waals surface area contributed by atoms with Crippen molar-refractivity contribution in [1.82, 2.24) is 0 Å². The summed E-state index contributed by atoms with van der Waals surface area (Å²) in [5, 5.41) is 2.77. The van der Waals surface area contributed by atoms with Crippen LogP contribution in [0.3, 0.4) is 0 Å². The standard InChI is InChI=1S/C21H18FNO2S/c1-25-20-12-7-15(21(24)23-18-10-8-17(22)9-11-18)13-16(20)14-26-19-5-3-2-4-6-19/h2-13H,14H2,1H3,(H,23,24). The highest BCUT2D eigenvalue weighted by Crippen LogP contribution is 2.29. The highest BCUT2D eigenvalue weighted by molar-refractivity contribution is 7.98. The molecule has 0 saturated carbocycles. The fourth-order valence-electron chi connectivity index (χ4n) is 2.45. The molecule has 3 rings (SSSR count). The second kappa shape index (κ2) is 8.54. The number of rotatable bonds is 6. The van der Waals surface area contributed by atoms with Crippen LogP contribution < -0.4 is 10.1 Å². The number of anilines is 1. The number of hydrogen-bond donors (Lipinski definition) is 1. The maximum Gasteiger partial charge on any atom is 0.255 e. The van der Waals surface area contributed by atoms with E-state index in [1.54, 1.807) is 31.0 Å². The van der Waals surface area contributed by atoms with E-state index >= 15 is 0 Å². The average Bonchev–Trinajstić information content (AvgIpc) is 2.68. The zero-order chi connectivity index (χ0) is 18.4. The fourth-order valence-corrected chi connectivity index (χ4v) is 3.34.